The highest BCUT2D eigenvalue weighted by Gasteiger charge is 2.11. The van der Waals surface area contributed by atoms with E-state index < -0.39 is 0 Å². The van der Waals surface area contributed by atoms with Crippen molar-refractivity contribution in [3.05, 3.63) is 59.6 Å². The summed E-state index contributed by atoms with van der Waals surface area (Å²) in [6.07, 6.45) is 9.37. The number of hydrogen-bond donors (Lipinski definition) is 4. The van der Waals surface area contributed by atoms with E-state index >= 15 is 0 Å². The predicted molar refractivity (Wildman–Crippen MR) is 111 cm³/mol. The lowest BCUT2D eigenvalue weighted by atomic mass is 10.0. The van der Waals surface area contributed by atoms with Crippen molar-refractivity contribution >= 4 is 5.70 Å². The molecule has 5 heteroatoms. The molecule has 7 N–H and O–H groups in total. The molecule has 0 aliphatic carbocycles. The normalized spacial score (nSPS) is 11.9. The predicted octanol–water partition coefficient (Wildman–Crippen LogP) is 3.48. The van der Waals surface area contributed by atoms with Crippen LogP contribution in [0.5, 0.6) is 5.75 Å². The average Bonchev–Trinajstić information content (AvgIpc) is 2.62. The van der Waals surface area contributed by atoms with Crippen LogP contribution in [0.1, 0.15) is 45.6 Å². The maximum Gasteiger partial charge on any atom is 0.124 e. The van der Waals surface area contributed by atoms with Crippen LogP contribution in [-0.2, 0) is 0 Å². The van der Waals surface area contributed by atoms with Gasteiger partial charge in [-0.1, -0.05) is 45.1 Å². The van der Waals surface area contributed by atoms with Crippen molar-refractivity contribution in [1.29, 1.82) is 0 Å². The van der Waals surface area contributed by atoms with Gasteiger partial charge < -0.3 is 27.2 Å². The molecule has 0 aliphatic rings. The highest BCUT2D eigenvalue weighted by molar-refractivity contribution is 5.69. The van der Waals surface area contributed by atoms with E-state index in [2.05, 4.69) is 37.8 Å². The molecule has 0 unspecified atom stereocenters. The minimum atomic E-state index is 0.131. The van der Waals surface area contributed by atoms with Crippen LogP contribution in [0.15, 0.2) is 54.0 Å². The minimum Gasteiger partial charge on any atom is -0.507 e. The standard InChI is InChI=1S/C21H34N4O/c1-4-13-25(14-9-10-16(5-2)6-3)19(21(23)24)15-18(22)17-11-7-8-12-20(17)26/h7-12,15-16,26H,4-6,13-14,22-24H2,1-3H3/b10-9-,18-15-. The van der Waals surface area contributed by atoms with Crippen molar-refractivity contribution in [2.45, 2.75) is 40.0 Å². The minimum absolute atomic E-state index is 0.131. The van der Waals surface area contributed by atoms with Crippen LogP contribution < -0.4 is 17.2 Å². The highest BCUT2D eigenvalue weighted by Crippen LogP contribution is 2.23. The third-order valence-corrected chi connectivity index (χ3v) is 4.42. The Morgan fingerprint density at radius 2 is 1.77 bits per heavy atom. The third-order valence-electron chi connectivity index (χ3n) is 4.42. The van der Waals surface area contributed by atoms with Gasteiger partial charge in [0.1, 0.15) is 11.6 Å². The zero-order valence-electron chi connectivity index (χ0n) is 16.3. The molecule has 26 heavy (non-hydrogen) atoms. The van der Waals surface area contributed by atoms with Gasteiger partial charge in [0.15, 0.2) is 0 Å². The smallest absolute Gasteiger partial charge is 0.124 e. The molecule has 0 heterocycles. The van der Waals surface area contributed by atoms with Crippen molar-refractivity contribution in [2.24, 2.45) is 23.1 Å². The number of para-hydroxylation sites is 1. The van der Waals surface area contributed by atoms with Crippen molar-refractivity contribution in [2.75, 3.05) is 13.1 Å². The molecule has 0 aliphatic heterocycles. The lowest BCUT2D eigenvalue weighted by molar-refractivity contribution is 0.385. The van der Waals surface area contributed by atoms with Gasteiger partial charge in [-0.15, -0.1) is 0 Å². The van der Waals surface area contributed by atoms with Crippen LogP contribution in [0.2, 0.25) is 0 Å². The van der Waals surface area contributed by atoms with E-state index in [1.54, 1.807) is 24.3 Å². The molecule has 0 fully saturated rings. The zero-order chi connectivity index (χ0) is 19.5. The van der Waals surface area contributed by atoms with E-state index in [1.165, 1.54) is 0 Å². The van der Waals surface area contributed by atoms with Crippen LogP contribution in [0, 0.1) is 5.92 Å². The first kappa shape index (κ1) is 21.5. The van der Waals surface area contributed by atoms with Crippen molar-refractivity contribution in [1.82, 2.24) is 4.90 Å². The summed E-state index contributed by atoms with van der Waals surface area (Å²) in [4.78, 5) is 2.11. The molecule has 0 saturated heterocycles. The molecule has 1 aromatic rings. The summed E-state index contributed by atoms with van der Waals surface area (Å²) in [5.41, 5.74) is 19.8. The number of hydrogen-bond acceptors (Lipinski definition) is 5. The second kappa shape index (κ2) is 11.1. The van der Waals surface area contributed by atoms with E-state index in [4.69, 9.17) is 17.2 Å². The molecule has 0 amide bonds. The Balaban J connectivity index is 3.09. The highest BCUT2D eigenvalue weighted by atomic mass is 16.3. The summed E-state index contributed by atoms with van der Waals surface area (Å²) < 4.78 is 0. The van der Waals surface area contributed by atoms with Crippen LogP contribution in [0.3, 0.4) is 0 Å². The Labute approximate surface area is 157 Å². The van der Waals surface area contributed by atoms with E-state index in [-0.39, 0.29) is 11.6 Å². The van der Waals surface area contributed by atoms with Gasteiger partial charge in [-0.05, 0) is 43.4 Å². The molecular formula is C21H34N4O. The van der Waals surface area contributed by atoms with Crippen molar-refractivity contribution in [3.8, 4) is 5.75 Å². The number of aromatic hydroxyl groups is 1. The quantitative estimate of drug-likeness (QED) is 0.379. The van der Waals surface area contributed by atoms with Gasteiger partial charge >= 0.3 is 0 Å². The molecule has 1 aromatic carbocycles. The van der Waals surface area contributed by atoms with Gasteiger partial charge in [0.2, 0.25) is 0 Å². The summed E-state index contributed by atoms with van der Waals surface area (Å²) in [6, 6.07) is 6.95. The fraction of sp³-hybridized carbons (Fsp3) is 0.429. The number of phenols is 1. The van der Waals surface area contributed by atoms with Crippen LogP contribution in [0.25, 0.3) is 5.70 Å². The first-order valence-electron chi connectivity index (χ1n) is 9.36. The maximum absolute atomic E-state index is 10.0. The summed E-state index contributed by atoms with van der Waals surface area (Å²) in [6.45, 7) is 8.02. The van der Waals surface area contributed by atoms with Crippen LogP contribution in [-0.4, -0.2) is 23.1 Å². The Hall–Kier alpha value is -2.56. The van der Waals surface area contributed by atoms with E-state index in [1.807, 2.05) is 6.07 Å². The Kier molecular flexibility index (Phi) is 9.20. The van der Waals surface area contributed by atoms with Crippen molar-refractivity contribution < 1.29 is 5.11 Å². The summed E-state index contributed by atoms with van der Waals surface area (Å²) in [5.74, 6) is 0.933. The number of rotatable bonds is 10. The SMILES string of the molecule is CCCN(C/C=C\C(CC)CC)C(/C=C(\N)c1ccccc1O)=C(N)N. The van der Waals surface area contributed by atoms with E-state index in [0.717, 1.165) is 25.8 Å². The lowest BCUT2D eigenvalue weighted by Crippen LogP contribution is -2.29. The van der Waals surface area contributed by atoms with Gasteiger partial charge in [0.05, 0.1) is 5.70 Å². The lowest BCUT2D eigenvalue weighted by Gasteiger charge is -2.25. The van der Waals surface area contributed by atoms with Gasteiger partial charge in [-0.25, -0.2) is 0 Å². The first-order valence-corrected chi connectivity index (χ1v) is 9.36. The molecule has 5 nitrogen and oxygen atoms in total. The summed E-state index contributed by atoms with van der Waals surface area (Å²) >= 11 is 0. The number of nitrogens with zero attached hydrogens (tertiary/aromatic N) is 1. The number of nitrogens with two attached hydrogens (primary N) is 3. The first-order chi connectivity index (χ1) is 12.4. The van der Waals surface area contributed by atoms with Gasteiger partial charge in [-0.2, -0.15) is 0 Å². The molecule has 144 valence electrons. The second-order valence-corrected chi connectivity index (χ2v) is 6.41. The maximum atomic E-state index is 10.0. The summed E-state index contributed by atoms with van der Waals surface area (Å²) in [5, 5.41) is 10.0. The average molecular weight is 359 g/mol. The fourth-order valence-electron chi connectivity index (χ4n) is 2.82. The third kappa shape index (κ3) is 6.39. The zero-order valence-corrected chi connectivity index (χ0v) is 16.3. The van der Waals surface area contributed by atoms with E-state index in [9.17, 15) is 5.11 Å². The van der Waals surface area contributed by atoms with E-state index in [0.29, 0.717) is 29.4 Å². The van der Waals surface area contributed by atoms with Crippen LogP contribution in [0.4, 0.5) is 0 Å². The van der Waals surface area contributed by atoms with Gasteiger partial charge in [-0.3, -0.25) is 0 Å². The number of benzene rings is 1. The molecule has 0 bridgehead atoms. The van der Waals surface area contributed by atoms with Gasteiger partial charge in [0, 0.05) is 24.4 Å². The Bertz CT molecular complexity index is 641. The monoisotopic (exact) mass is 358 g/mol. The largest absolute Gasteiger partial charge is 0.507 e. The van der Waals surface area contributed by atoms with Gasteiger partial charge in [0.25, 0.3) is 0 Å². The molecule has 0 atom stereocenters. The molecule has 0 radical (unpaired) electrons. The number of allylic oxidation sites excluding steroid dienone is 2. The topological polar surface area (TPSA) is 102 Å². The molecule has 0 saturated carbocycles. The molecule has 0 spiro atoms. The summed E-state index contributed by atoms with van der Waals surface area (Å²) in [7, 11) is 0. The molecule has 0 aromatic heterocycles. The van der Waals surface area contributed by atoms with Crippen LogP contribution >= 0.6 is 0 Å². The fourth-order valence-corrected chi connectivity index (χ4v) is 2.82. The second-order valence-electron chi connectivity index (χ2n) is 6.41. The molecule has 1 rings (SSSR count). The number of phenolic OH excluding ortho intramolecular Hbond substituents is 1. The molecular weight excluding hydrogens is 324 g/mol. The Morgan fingerprint density at radius 3 is 2.31 bits per heavy atom. The van der Waals surface area contributed by atoms with Crippen molar-refractivity contribution in [3.63, 3.8) is 0 Å². The Morgan fingerprint density at radius 1 is 1.12 bits per heavy atom.